The van der Waals surface area contributed by atoms with Crippen molar-refractivity contribution in [1.29, 1.82) is 0 Å². The number of rotatable bonds is 17. The van der Waals surface area contributed by atoms with Gasteiger partial charge in [0.15, 0.2) is 0 Å². The molecule has 0 aliphatic rings. The van der Waals surface area contributed by atoms with Crippen LogP contribution in [-0.4, -0.2) is 77.3 Å². The summed E-state index contributed by atoms with van der Waals surface area (Å²) >= 11 is 5.63. The van der Waals surface area contributed by atoms with Crippen LogP contribution < -0.4 is 27.4 Å². The van der Waals surface area contributed by atoms with Crippen molar-refractivity contribution < 1.29 is 24.3 Å². The molecule has 8 N–H and O–H groups in total. The molecule has 3 amide bonds. The second kappa shape index (κ2) is 17.0. The Kier molecular flexibility index (Phi) is 16.2. The van der Waals surface area contributed by atoms with Gasteiger partial charge in [-0.2, -0.15) is 24.4 Å². The van der Waals surface area contributed by atoms with Crippen LogP contribution in [0.5, 0.6) is 0 Å². The molecule has 0 fully saturated rings. The van der Waals surface area contributed by atoms with Gasteiger partial charge in [0.25, 0.3) is 0 Å². The maximum Gasteiger partial charge on any atom is 0.326 e. The van der Waals surface area contributed by atoms with Crippen molar-refractivity contribution in [3.05, 3.63) is 0 Å². The van der Waals surface area contributed by atoms with Crippen molar-refractivity contribution in [2.75, 3.05) is 24.3 Å². The van der Waals surface area contributed by atoms with Gasteiger partial charge in [-0.05, 0) is 56.6 Å². The summed E-state index contributed by atoms with van der Waals surface area (Å²) in [4.78, 5) is 49.2. The molecule has 0 heterocycles. The van der Waals surface area contributed by atoms with Gasteiger partial charge in [0.05, 0.1) is 6.04 Å². The molecular weight excluding hydrogens is 454 g/mol. The number of carbonyl (C=O) groups is 4. The van der Waals surface area contributed by atoms with Gasteiger partial charge in [-0.25, -0.2) is 4.79 Å². The predicted octanol–water partition coefficient (Wildman–Crippen LogP) is -0.289. The molecular formula is C20H39N5O5S2. The van der Waals surface area contributed by atoms with E-state index in [1.807, 2.05) is 20.1 Å². The summed E-state index contributed by atoms with van der Waals surface area (Å²) in [5.41, 5.74) is 11.3. The van der Waals surface area contributed by atoms with Gasteiger partial charge < -0.3 is 32.5 Å². The average Bonchev–Trinajstić information content (AvgIpc) is 2.72. The number of nitrogens with two attached hydrogens (primary N) is 2. The van der Waals surface area contributed by atoms with Gasteiger partial charge in [0, 0.05) is 5.75 Å². The standard InChI is InChI=1S/C20H39N5O5S2/c1-12(2)10-13(22)17(26)23-14(7-9-32-3)18(27)25-16(11-31)19(28)24-15(20(29)30)6-4-5-8-21/h12-16,31H,4-11,21-22H2,1-3H3,(H,23,26)(H,24,28)(H,25,27)(H,29,30). The highest BCUT2D eigenvalue weighted by molar-refractivity contribution is 7.98. The molecule has 0 radical (unpaired) electrons. The number of carboxylic acid groups (broad SMARTS) is 1. The molecule has 0 spiro atoms. The third-order valence-corrected chi connectivity index (χ3v) is 5.69. The van der Waals surface area contributed by atoms with Crippen LogP contribution in [0.2, 0.25) is 0 Å². The number of amides is 3. The molecule has 186 valence electrons. The molecule has 0 saturated heterocycles. The maximum absolute atomic E-state index is 12.8. The molecule has 0 aromatic carbocycles. The Bertz CT molecular complexity index is 609. The molecule has 0 aliphatic heterocycles. The Balaban J connectivity index is 5.13. The first-order valence-corrected chi connectivity index (χ1v) is 12.8. The third kappa shape index (κ3) is 12.5. The number of carbonyl (C=O) groups excluding carboxylic acids is 3. The van der Waals surface area contributed by atoms with E-state index in [2.05, 4.69) is 28.6 Å². The zero-order chi connectivity index (χ0) is 24.7. The smallest absolute Gasteiger partial charge is 0.326 e. The van der Waals surface area contributed by atoms with Crippen molar-refractivity contribution >= 4 is 48.1 Å². The first-order chi connectivity index (χ1) is 15.1. The Hall–Kier alpha value is -1.50. The zero-order valence-corrected chi connectivity index (χ0v) is 20.8. The molecule has 10 nitrogen and oxygen atoms in total. The molecule has 4 unspecified atom stereocenters. The van der Waals surface area contributed by atoms with Gasteiger partial charge in [-0.3, -0.25) is 14.4 Å². The molecule has 12 heteroatoms. The lowest BCUT2D eigenvalue weighted by Gasteiger charge is -2.24. The van der Waals surface area contributed by atoms with E-state index in [1.54, 1.807) is 0 Å². The van der Waals surface area contributed by atoms with Crippen LogP contribution in [0.4, 0.5) is 0 Å². The number of thiol groups is 1. The number of carboxylic acids is 1. The minimum absolute atomic E-state index is 0.0389. The molecule has 32 heavy (non-hydrogen) atoms. The van der Waals surface area contributed by atoms with E-state index in [-0.39, 0.29) is 18.1 Å². The lowest BCUT2D eigenvalue weighted by atomic mass is 10.0. The first kappa shape index (κ1) is 30.5. The number of thioether (sulfide) groups is 1. The fourth-order valence-corrected chi connectivity index (χ4v) is 3.62. The summed E-state index contributed by atoms with van der Waals surface area (Å²) in [6, 6.07) is -3.76. The monoisotopic (exact) mass is 493 g/mol. The Morgan fingerprint density at radius 3 is 2.00 bits per heavy atom. The molecule has 0 aromatic heterocycles. The van der Waals surface area contributed by atoms with Gasteiger partial charge in [-0.1, -0.05) is 13.8 Å². The second-order valence-electron chi connectivity index (χ2n) is 8.01. The van der Waals surface area contributed by atoms with Crippen molar-refractivity contribution in [2.24, 2.45) is 17.4 Å². The van der Waals surface area contributed by atoms with Crippen LogP contribution in [0.25, 0.3) is 0 Å². The third-order valence-electron chi connectivity index (χ3n) is 4.68. The Labute approximate surface area is 200 Å². The van der Waals surface area contributed by atoms with Crippen molar-refractivity contribution in [3.63, 3.8) is 0 Å². The normalized spacial score (nSPS) is 14.8. The van der Waals surface area contributed by atoms with Crippen LogP contribution in [0.1, 0.15) is 46.0 Å². The molecule has 0 bridgehead atoms. The van der Waals surface area contributed by atoms with E-state index in [4.69, 9.17) is 11.5 Å². The summed E-state index contributed by atoms with van der Waals surface area (Å²) in [5.74, 6) is -2.01. The van der Waals surface area contributed by atoms with Crippen LogP contribution in [0.3, 0.4) is 0 Å². The van der Waals surface area contributed by atoms with Gasteiger partial charge in [-0.15, -0.1) is 0 Å². The molecule has 0 rings (SSSR count). The fourth-order valence-electron chi connectivity index (χ4n) is 2.89. The highest BCUT2D eigenvalue weighted by atomic mass is 32.2. The average molecular weight is 494 g/mol. The van der Waals surface area contributed by atoms with E-state index in [0.717, 1.165) is 0 Å². The molecule has 0 aliphatic carbocycles. The largest absolute Gasteiger partial charge is 0.480 e. The highest BCUT2D eigenvalue weighted by Crippen LogP contribution is 2.07. The zero-order valence-electron chi connectivity index (χ0n) is 19.1. The minimum Gasteiger partial charge on any atom is -0.480 e. The van der Waals surface area contributed by atoms with Crippen LogP contribution >= 0.6 is 24.4 Å². The first-order valence-electron chi connectivity index (χ1n) is 10.8. The lowest BCUT2D eigenvalue weighted by Crippen LogP contribution is -2.57. The number of aliphatic carboxylic acids is 1. The van der Waals surface area contributed by atoms with Gasteiger partial charge in [0.2, 0.25) is 17.7 Å². The molecule has 0 saturated carbocycles. The summed E-state index contributed by atoms with van der Waals surface area (Å²) in [6.07, 6.45) is 4.12. The van der Waals surface area contributed by atoms with E-state index >= 15 is 0 Å². The highest BCUT2D eigenvalue weighted by Gasteiger charge is 2.29. The maximum atomic E-state index is 12.8. The number of hydrogen-bond acceptors (Lipinski definition) is 8. The van der Waals surface area contributed by atoms with Crippen molar-refractivity contribution in [2.45, 2.75) is 70.1 Å². The second-order valence-corrected chi connectivity index (χ2v) is 9.36. The quantitative estimate of drug-likeness (QED) is 0.107. The number of hydrogen-bond donors (Lipinski definition) is 7. The SMILES string of the molecule is CSCCC(NC(=O)C(N)CC(C)C)C(=O)NC(CS)C(=O)NC(CCCCN)C(=O)O. The van der Waals surface area contributed by atoms with Crippen molar-refractivity contribution in [3.8, 4) is 0 Å². The van der Waals surface area contributed by atoms with E-state index in [1.165, 1.54) is 11.8 Å². The summed E-state index contributed by atoms with van der Waals surface area (Å²) in [7, 11) is 0. The van der Waals surface area contributed by atoms with Crippen LogP contribution in [-0.2, 0) is 19.2 Å². The topological polar surface area (TPSA) is 177 Å². The van der Waals surface area contributed by atoms with Crippen LogP contribution in [0.15, 0.2) is 0 Å². The minimum atomic E-state index is -1.16. The molecule has 4 atom stereocenters. The van der Waals surface area contributed by atoms with E-state index < -0.39 is 47.9 Å². The summed E-state index contributed by atoms with van der Waals surface area (Å²) in [6.45, 7) is 4.32. The fraction of sp³-hybridized carbons (Fsp3) is 0.800. The summed E-state index contributed by atoms with van der Waals surface area (Å²) in [5, 5.41) is 17.0. The number of unbranched alkanes of at least 4 members (excludes halogenated alkanes) is 1. The predicted molar refractivity (Wildman–Crippen MR) is 131 cm³/mol. The number of nitrogens with one attached hydrogen (secondary N) is 3. The van der Waals surface area contributed by atoms with Gasteiger partial charge in [0.1, 0.15) is 18.1 Å². The van der Waals surface area contributed by atoms with Crippen LogP contribution in [0, 0.1) is 5.92 Å². The Morgan fingerprint density at radius 1 is 0.938 bits per heavy atom. The Morgan fingerprint density at radius 2 is 1.50 bits per heavy atom. The lowest BCUT2D eigenvalue weighted by molar-refractivity contribution is -0.142. The van der Waals surface area contributed by atoms with Crippen molar-refractivity contribution in [1.82, 2.24) is 16.0 Å². The van der Waals surface area contributed by atoms with E-state index in [0.29, 0.717) is 38.0 Å². The van der Waals surface area contributed by atoms with E-state index in [9.17, 15) is 24.3 Å². The summed E-state index contributed by atoms with van der Waals surface area (Å²) < 4.78 is 0. The van der Waals surface area contributed by atoms with Gasteiger partial charge >= 0.3 is 5.97 Å². The molecule has 0 aromatic rings.